The second-order valence-corrected chi connectivity index (χ2v) is 17.8. The van der Waals surface area contributed by atoms with E-state index >= 15 is 0 Å². The number of esters is 1. The SMILES string of the molecule is CCC(=O)O[C@]1(C(=O)S)CC[C@H]2[C@@H]3CCC4=Cc5c(cnn5-c5cccc(C(=O)CC6CCS(=O)(=O)C6)c5)C[C@]4(C)[C@H]3[C@@H](O)C[C@@]21C. The number of ether oxygens (including phenoxy) is 1. The average molecular weight is 681 g/mol. The minimum Gasteiger partial charge on any atom is -0.449 e. The summed E-state index contributed by atoms with van der Waals surface area (Å²) >= 11 is 4.26. The number of thiol groups is 1. The molecule has 2 heterocycles. The largest absolute Gasteiger partial charge is 0.449 e. The Labute approximate surface area is 281 Å². The molecule has 7 rings (SSSR count). The number of benzene rings is 1. The number of aromatic nitrogens is 2. The molecule has 3 saturated carbocycles. The Hall–Kier alpha value is -2.76. The fourth-order valence-electron chi connectivity index (χ4n) is 10.4. The van der Waals surface area contributed by atoms with Crippen LogP contribution >= 0.6 is 12.6 Å². The number of Topliss-reactive ketones (excluding diaryl/α,β-unsaturated/α-hetero) is 1. The van der Waals surface area contributed by atoms with E-state index in [0.717, 1.165) is 36.2 Å². The molecule has 1 aliphatic heterocycles. The molecule has 4 aliphatic carbocycles. The number of hydrogen-bond donors (Lipinski definition) is 2. The highest BCUT2D eigenvalue weighted by Gasteiger charge is 2.70. The molecule has 4 fully saturated rings. The monoisotopic (exact) mass is 680 g/mol. The maximum Gasteiger partial charge on any atom is 0.306 e. The molecule has 9 nitrogen and oxygen atoms in total. The molecule has 1 aromatic carbocycles. The van der Waals surface area contributed by atoms with E-state index < -0.39 is 38.0 Å². The van der Waals surface area contributed by atoms with E-state index in [4.69, 9.17) is 9.84 Å². The number of fused-ring (bicyclic) bond motifs is 6. The molecule has 1 saturated heterocycles. The van der Waals surface area contributed by atoms with Crippen LogP contribution in [0.15, 0.2) is 36.0 Å². The zero-order valence-electron chi connectivity index (χ0n) is 27.3. The van der Waals surface area contributed by atoms with Crippen molar-refractivity contribution in [2.24, 2.45) is 34.5 Å². The lowest BCUT2D eigenvalue weighted by atomic mass is 9.45. The summed E-state index contributed by atoms with van der Waals surface area (Å²) in [5.74, 6) is -0.121. The van der Waals surface area contributed by atoms with Crippen LogP contribution in [0.5, 0.6) is 0 Å². The Kier molecular flexibility index (Phi) is 7.95. The first-order valence-corrected chi connectivity index (χ1v) is 19.2. The van der Waals surface area contributed by atoms with E-state index in [-0.39, 0.29) is 59.2 Å². The van der Waals surface area contributed by atoms with Crippen LogP contribution in [0.3, 0.4) is 0 Å². The summed E-state index contributed by atoms with van der Waals surface area (Å²) in [4.78, 5) is 38.8. The Morgan fingerprint density at radius 3 is 2.66 bits per heavy atom. The van der Waals surface area contributed by atoms with Crippen LogP contribution in [-0.4, -0.2) is 63.4 Å². The Bertz CT molecular complexity index is 1800. The van der Waals surface area contributed by atoms with Crippen molar-refractivity contribution in [1.82, 2.24) is 9.78 Å². The molecule has 0 amide bonds. The molecule has 11 heteroatoms. The lowest BCUT2D eigenvalue weighted by molar-refractivity contribution is -0.196. The third-order valence-electron chi connectivity index (χ3n) is 12.7. The number of hydrogen-bond acceptors (Lipinski definition) is 8. The quantitative estimate of drug-likeness (QED) is 0.232. The first kappa shape index (κ1) is 32.8. The van der Waals surface area contributed by atoms with E-state index in [1.54, 1.807) is 13.0 Å². The second-order valence-electron chi connectivity index (χ2n) is 15.2. The number of sulfone groups is 1. The number of carbonyl (C=O) groups is 3. The molecular weight excluding hydrogens is 637 g/mol. The highest BCUT2D eigenvalue weighted by atomic mass is 32.2. The fraction of sp³-hybridized carbons (Fsp3) is 0.611. The van der Waals surface area contributed by atoms with E-state index in [9.17, 15) is 27.9 Å². The van der Waals surface area contributed by atoms with Gasteiger partial charge in [-0.3, -0.25) is 14.4 Å². The first-order chi connectivity index (χ1) is 22.2. The highest BCUT2D eigenvalue weighted by Crippen LogP contribution is 2.68. The fourth-order valence-corrected chi connectivity index (χ4v) is 12.7. The van der Waals surface area contributed by atoms with Crippen LogP contribution in [0.1, 0.15) is 93.8 Å². The van der Waals surface area contributed by atoms with Crippen LogP contribution in [0.2, 0.25) is 0 Å². The van der Waals surface area contributed by atoms with Crippen LogP contribution in [0.25, 0.3) is 11.8 Å². The number of allylic oxidation sites excluding steroid dienone is 1. The average Bonchev–Trinajstić information content (AvgIpc) is 3.67. The predicted octanol–water partition coefficient (Wildman–Crippen LogP) is 5.18. The summed E-state index contributed by atoms with van der Waals surface area (Å²) in [5, 5.41) is 16.3. The van der Waals surface area contributed by atoms with Crippen LogP contribution in [0.4, 0.5) is 0 Å². The van der Waals surface area contributed by atoms with Crippen molar-refractivity contribution in [3.8, 4) is 5.69 Å². The van der Waals surface area contributed by atoms with Crippen molar-refractivity contribution in [3.05, 3.63) is 52.9 Å². The van der Waals surface area contributed by atoms with Crippen LogP contribution < -0.4 is 0 Å². The number of ketones is 1. The van der Waals surface area contributed by atoms with Gasteiger partial charge in [-0.05, 0) is 97.8 Å². The van der Waals surface area contributed by atoms with E-state index in [1.807, 2.05) is 36.0 Å². The summed E-state index contributed by atoms with van der Waals surface area (Å²) in [6.45, 7) is 6.00. The van der Waals surface area contributed by atoms with E-state index in [1.165, 1.54) is 5.57 Å². The maximum atomic E-state index is 13.2. The zero-order chi connectivity index (χ0) is 33.5. The van der Waals surface area contributed by atoms with Gasteiger partial charge < -0.3 is 9.84 Å². The van der Waals surface area contributed by atoms with Crippen molar-refractivity contribution in [1.29, 1.82) is 0 Å². The van der Waals surface area contributed by atoms with Crippen molar-refractivity contribution in [2.45, 2.75) is 90.3 Å². The molecule has 47 heavy (non-hydrogen) atoms. The number of rotatable bonds is 7. The zero-order valence-corrected chi connectivity index (χ0v) is 29.0. The van der Waals surface area contributed by atoms with Gasteiger partial charge in [0.25, 0.3) is 0 Å². The molecule has 5 aliphatic rings. The molecular formula is C36H44N2O7S2. The molecule has 0 spiro atoms. The summed E-state index contributed by atoms with van der Waals surface area (Å²) < 4.78 is 31.7. The minimum absolute atomic E-state index is 0.0230. The Morgan fingerprint density at radius 1 is 1.17 bits per heavy atom. The van der Waals surface area contributed by atoms with Crippen LogP contribution in [0, 0.1) is 34.5 Å². The van der Waals surface area contributed by atoms with Gasteiger partial charge in [0, 0.05) is 23.8 Å². The number of aliphatic hydroxyl groups is 1. The van der Waals surface area contributed by atoms with Crippen molar-refractivity contribution < 1.29 is 32.6 Å². The molecule has 252 valence electrons. The van der Waals surface area contributed by atoms with Crippen molar-refractivity contribution in [2.75, 3.05) is 11.5 Å². The molecule has 0 bridgehead atoms. The van der Waals surface area contributed by atoms with Gasteiger partial charge in [0.15, 0.2) is 21.2 Å². The smallest absolute Gasteiger partial charge is 0.306 e. The third kappa shape index (κ3) is 5.09. The van der Waals surface area contributed by atoms with Crippen molar-refractivity contribution in [3.63, 3.8) is 0 Å². The topological polar surface area (TPSA) is 133 Å². The molecule has 1 N–H and O–H groups in total. The van der Waals surface area contributed by atoms with E-state index in [0.29, 0.717) is 31.2 Å². The van der Waals surface area contributed by atoms with Gasteiger partial charge >= 0.3 is 5.97 Å². The lowest BCUT2D eigenvalue weighted by Crippen LogP contribution is -2.62. The summed E-state index contributed by atoms with van der Waals surface area (Å²) in [6.07, 6.45) is 8.32. The van der Waals surface area contributed by atoms with Gasteiger partial charge in [-0.1, -0.05) is 38.5 Å². The third-order valence-corrected chi connectivity index (χ3v) is 14.9. The van der Waals surface area contributed by atoms with Crippen molar-refractivity contribution >= 4 is 45.4 Å². The minimum atomic E-state index is -3.05. The molecule has 2 aromatic rings. The van der Waals surface area contributed by atoms with Gasteiger partial charge in [0.05, 0.1) is 35.2 Å². The standard InChI is InChI=1S/C36H44N2O7S2/c1-4-31(41)45-36(33(42)46)12-10-27-26-9-8-24-16-28-23(17-34(24,2)32(26)30(40)18-35(27,36)3)19-37-38(28)25-7-5-6-22(15-25)29(39)14-21-11-13-47(43,44)20-21/h5-7,15-16,19,21,26-27,30,32,40H,4,8-14,17-18,20H2,1-3H3,(H,42,46)/t21?,26-,27-,30-,32+,34-,35-,36-/m0/s1. The molecule has 0 radical (unpaired) electrons. The van der Waals surface area contributed by atoms with Gasteiger partial charge in [-0.25, -0.2) is 13.1 Å². The first-order valence-electron chi connectivity index (χ1n) is 17.0. The van der Waals surface area contributed by atoms with Gasteiger partial charge in [-0.2, -0.15) is 5.10 Å². The molecule has 1 aromatic heterocycles. The van der Waals surface area contributed by atoms with Gasteiger partial charge in [0.1, 0.15) is 0 Å². The molecule has 1 unspecified atom stereocenters. The Balaban J connectivity index is 1.16. The predicted molar refractivity (Wildman–Crippen MR) is 180 cm³/mol. The van der Waals surface area contributed by atoms with E-state index in [2.05, 4.69) is 25.6 Å². The van der Waals surface area contributed by atoms with Crippen LogP contribution in [-0.2, 0) is 30.6 Å². The summed E-state index contributed by atoms with van der Waals surface area (Å²) in [6, 6.07) is 7.40. The van der Waals surface area contributed by atoms with Gasteiger partial charge in [0.2, 0.25) is 5.12 Å². The number of nitrogens with zero attached hydrogens (tertiary/aromatic N) is 2. The Morgan fingerprint density at radius 2 is 1.96 bits per heavy atom. The van der Waals surface area contributed by atoms with Gasteiger partial charge in [-0.15, -0.1) is 12.6 Å². The molecule has 8 atom stereocenters. The second kappa shape index (κ2) is 11.4. The summed E-state index contributed by atoms with van der Waals surface area (Å²) in [7, 11) is -3.05. The number of aliphatic hydroxyl groups excluding tert-OH is 1. The highest BCUT2D eigenvalue weighted by molar-refractivity contribution is 7.96. The maximum absolute atomic E-state index is 13.2. The lowest BCUT2D eigenvalue weighted by Gasteiger charge is -2.60. The normalized spacial score (nSPS) is 36.8. The number of carbonyl (C=O) groups excluding carboxylic acids is 3. The summed E-state index contributed by atoms with van der Waals surface area (Å²) in [5.41, 5.74) is 2.32.